The van der Waals surface area contributed by atoms with Crippen molar-refractivity contribution in [3.8, 4) is 21.9 Å². The molecule has 2 heterocycles. The first kappa shape index (κ1) is 23.9. The van der Waals surface area contributed by atoms with Gasteiger partial charge in [0.15, 0.2) is 0 Å². The van der Waals surface area contributed by atoms with Crippen molar-refractivity contribution in [3.63, 3.8) is 0 Å². The van der Waals surface area contributed by atoms with E-state index in [-0.39, 0.29) is 0 Å². The summed E-state index contributed by atoms with van der Waals surface area (Å²) in [6.07, 6.45) is 2.91. The largest absolute Gasteiger partial charge is 0.457 e. The van der Waals surface area contributed by atoms with Gasteiger partial charge in [0.2, 0.25) is 5.91 Å². The number of hydrogen-bond acceptors (Lipinski definition) is 4. The van der Waals surface area contributed by atoms with E-state index in [2.05, 4.69) is 10.3 Å². The topological polar surface area (TPSA) is 55.1 Å². The molecular weight excluding hydrogens is 546 g/mol. The quantitative estimate of drug-likeness (QED) is 0.218. The van der Waals surface area contributed by atoms with Crippen molar-refractivity contribution in [1.82, 2.24) is 4.98 Å². The van der Waals surface area contributed by atoms with Crippen LogP contribution in [0.4, 0.5) is 5.69 Å². The summed E-state index contributed by atoms with van der Waals surface area (Å²) in [5.41, 5.74) is 2.59. The zero-order chi connectivity index (χ0) is 24.5. The number of carbonyl (C=O) groups is 1. The van der Waals surface area contributed by atoms with E-state index in [0.29, 0.717) is 53.4 Å². The third-order valence-corrected chi connectivity index (χ3v) is 7.48. The first-order chi connectivity index (χ1) is 16.9. The second-order valence-electron chi connectivity index (χ2n) is 7.42. The van der Waals surface area contributed by atoms with E-state index >= 15 is 0 Å². The number of nitrogens with zero attached hydrogens (tertiary/aromatic N) is 1. The van der Waals surface area contributed by atoms with E-state index < -0.39 is 5.91 Å². The summed E-state index contributed by atoms with van der Waals surface area (Å²) >= 11 is 26.6. The third kappa shape index (κ3) is 5.10. The van der Waals surface area contributed by atoms with Crippen LogP contribution in [0.2, 0.25) is 20.1 Å². The highest BCUT2D eigenvalue weighted by Crippen LogP contribution is 2.40. The summed E-state index contributed by atoms with van der Waals surface area (Å²) in [4.78, 5) is 17.4. The van der Waals surface area contributed by atoms with Crippen molar-refractivity contribution in [2.75, 3.05) is 5.32 Å². The lowest BCUT2D eigenvalue weighted by Gasteiger charge is -2.11. The number of aromatic nitrogens is 1. The molecule has 35 heavy (non-hydrogen) atoms. The molecule has 5 rings (SSSR count). The molecular formula is C26H14Cl4N2O2S. The molecule has 0 radical (unpaired) electrons. The molecule has 5 aromatic rings. The average Bonchev–Trinajstić information content (AvgIpc) is 3.48. The number of hydrogen-bond donors (Lipinski definition) is 1. The second kappa shape index (κ2) is 10.1. The average molecular weight is 560 g/mol. The van der Waals surface area contributed by atoms with E-state index in [4.69, 9.17) is 50.8 Å². The van der Waals surface area contributed by atoms with Crippen molar-refractivity contribution in [2.45, 2.75) is 0 Å². The highest BCUT2D eigenvalue weighted by atomic mass is 35.5. The molecule has 0 atom stereocenters. The first-order valence-corrected chi connectivity index (χ1v) is 12.6. The van der Waals surface area contributed by atoms with Gasteiger partial charge in [-0.2, -0.15) is 0 Å². The predicted molar refractivity (Wildman–Crippen MR) is 147 cm³/mol. The Kier molecular flexibility index (Phi) is 6.87. The molecule has 2 aromatic heterocycles. The van der Waals surface area contributed by atoms with Gasteiger partial charge >= 0.3 is 0 Å². The van der Waals surface area contributed by atoms with Crippen LogP contribution in [0.5, 0.6) is 0 Å². The van der Waals surface area contributed by atoms with Crippen LogP contribution in [-0.4, -0.2) is 10.9 Å². The van der Waals surface area contributed by atoms with Gasteiger partial charge < -0.3 is 9.73 Å². The molecule has 0 bridgehead atoms. The summed E-state index contributed by atoms with van der Waals surface area (Å²) in [6, 6.07) is 19.9. The fraction of sp³-hybridized carbons (Fsp3) is 0. The molecule has 1 N–H and O–H groups in total. The number of halogens is 4. The SMILES string of the molecule is O=C(/C=C/c1ccc(-c2cccc(Cl)c2Cl)o1)Nc1c(Cl)cc(Cl)cc1-c1nc2ccccc2s1. The summed E-state index contributed by atoms with van der Waals surface area (Å²) in [5, 5.41) is 5.13. The number of rotatable bonds is 5. The van der Waals surface area contributed by atoms with Crippen LogP contribution >= 0.6 is 57.7 Å². The number of thiazole rings is 1. The standard InChI is InChI=1S/C26H14Cl4N2O2S/c27-14-12-17(26-31-20-6-1-2-7-22(20)35-26)25(19(29)13-14)32-23(33)11-9-15-8-10-21(34-15)16-4-3-5-18(28)24(16)30/h1-13H,(H,32,33)/b11-9+. The predicted octanol–water partition coefficient (Wildman–Crippen LogP) is 9.49. The van der Waals surface area contributed by atoms with Gasteiger partial charge in [0.05, 0.1) is 31.0 Å². The molecule has 0 spiro atoms. The van der Waals surface area contributed by atoms with Gasteiger partial charge in [-0.25, -0.2) is 4.98 Å². The third-order valence-electron chi connectivity index (χ3n) is 5.07. The minimum Gasteiger partial charge on any atom is -0.457 e. The fourth-order valence-electron chi connectivity index (χ4n) is 3.46. The summed E-state index contributed by atoms with van der Waals surface area (Å²) in [7, 11) is 0. The summed E-state index contributed by atoms with van der Waals surface area (Å²) in [6.45, 7) is 0. The maximum Gasteiger partial charge on any atom is 0.248 e. The monoisotopic (exact) mass is 558 g/mol. The number of para-hydroxylation sites is 1. The lowest BCUT2D eigenvalue weighted by Crippen LogP contribution is -2.09. The Morgan fingerprint density at radius 2 is 1.74 bits per heavy atom. The smallest absolute Gasteiger partial charge is 0.248 e. The minimum atomic E-state index is -0.393. The Labute approximate surface area is 224 Å². The van der Waals surface area contributed by atoms with Gasteiger partial charge in [0.25, 0.3) is 0 Å². The summed E-state index contributed by atoms with van der Waals surface area (Å²) in [5.74, 6) is 0.617. The molecule has 0 saturated carbocycles. The van der Waals surface area contributed by atoms with Crippen LogP contribution in [0, 0.1) is 0 Å². The number of carbonyl (C=O) groups excluding carboxylic acids is 1. The lowest BCUT2D eigenvalue weighted by atomic mass is 10.1. The van der Waals surface area contributed by atoms with Crippen LogP contribution in [-0.2, 0) is 4.79 Å². The van der Waals surface area contributed by atoms with Crippen LogP contribution in [0.1, 0.15) is 5.76 Å². The zero-order valence-electron chi connectivity index (χ0n) is 17.7. The van der Waals surface area contributed by atoms with Crippen molar-refractivity contribution >= 4 is 85.6 Å². The van der Waals surface area contributed by atoms with E-state index in [1.807, 2.05) is 24.3 Å². The normalized spacial score (nSPS) is 11.4. The molecule has 9 heteroatoms. The number of anilines is 1. The Morgan fingerprint density at radius 3 is 2.57 bits per heavy atom. The minimum absolute atomic E-state index is 0.310. The lowest BCUT2D eigenvalue weighted by molar-refractivity contribution is -0.111. The highest BCUT2D eigenvalue weighted by Gasteiger charge is 2.17. The van der Waals surface area contributed by atoms with Gasteiger partial charge in [0.1, 0.15) is 16.5 Å². The molecule has 4 nitrogen and oxygen atoms in total. The van der Waals surface area contributed by atoms with Gasteiger partial charge in [-0.3, -0.25) is 4.79 Å². The molecule has 0 aliphatic heterocycles. The number of fused-ring (bicyclic) bond motifs is 1. The fourth-order valence-corrected chi connectivity index (χ4v) is 5.38. The molecule has 3 aromatic carbocycles. The first-order valence-electron chi connectivity index (χ1n) is 10.3. The van der Waals surface area contributed by atoms with E-state index in [1.54, 1.807) is 48.5 Å². The van der Waals surface area contributed by atoms with Crippen LogP contribution < -0.4 is 5.32 Å². The molecule has 0 saturated heterocycles. The van der Waals surface area contributed by atoms with Crippen LogP contribution in [0.25, 0.3) is 38.2 Å². The molecule has 0 aliphatic rings. The van der Waals surface area contributed by atoms with Crippen molar-refractivity contribution < 1.29 is 9.21 Å². The summed E-state index contributed by atoms with van der Waals surface area (Å²) < 4.78 is 6.83. The zero-order valence-corrected chi connectivity index (χ0v) is 21.5. The van der Waals surface area contributed by atoms with Gasteiger partial charge in [-0.15, -0.1) is 11.3 Å². The van der Waals surface area contributed by atoms with Crippen LogP contribution in [0.15, 0.2) is 77.2 Å². The number of nitrogens with one attached hydrogen (secondary N) is 1. The highest BCUT2D eigenvalue weighted by molar-refractivity contribution is 7.21. The van der Waals surface area contributed by atoms with Crippen LogP contribution in [0.3, 0.4) is 0 Å². The van der Waals surface area contributed by atoms with Crippen molar-refractivity contribution in [2.24, 2.45) is 0 Å². The number of amides is 1. The molecule has 1 amide bonds. The van der Waals surface area contributed by atoms with E-state index in [1.165, 1.54) is 17.4 Å². The van der Waals surface area contributed by atoms with E-state index in [0.717, 1.165) is 10.2 Å². The Balaban J connectivity index is 1.40. The van der Waals surface area contributed by atoms with Gasteiger partial charge in [0, 0.05) is 22.2 Å². The Morgan fingerprint density at radius 1 is 0.914 bits per heavy atom. The van der Waals surface area contributed by atoms with Crippen molar-refractivity contribution in [3.05, 3.63) is 98.7 Å². The molecule has 0 fully saturated rings. The maximum absolute atomic E-state index is 12.8. The van der Waals surface area contributed by atoms with E-state index in [9.17, 15) is 4.79 Å². The van der Waals surface area contributed by atoms with Crippen molar-refractivity contribution in [1.29, 1.82) is 0 Å². The Hall–Kier alpha value is -2.80. The maximum atomic E-state index is 12.8. The second-order valence-corrected chi connectivity index (χ2v) is 10.1. The molecule has 0 aliphatic carbocycles. The van der Waals surface area contributed by atoms with Gasteiger partial charge in [-0.1, -0.05) is 64.6 Å². The number of benzene rings is 3. The molecule has 174 valence electrons. The number of furan rings is 1. The molecule has 0 unspecified atom stereocenters. The van der Waals surface area contributed by atoms with Gasteiger partial charge in [-0.05, 0) is 54.6 Å². The Bertz CT molecular complexity index is 1570.